The molecule has 6 nitrogen and oxygen atoms in total. The van der Waals surface area contributed by atoms with E-state index in [1.54, 1.807) is 18.3 Å². The topological polar surface area (TPSA) is 67.3 Å². The lowest BCUT2D eigenvalue weighted by molar-refractivity contribution is -0.174. The lowest BCUT2D eigenvalue weighted by atomic mass is 9.85. The fourth-order valence-corrected chi connectivity index (χ4v) is 3.69. The summed E-state index contributed by atoms with van der Waals surface area (Å²) in [4.78, 5) is 22.2. The second-order valence-electron chi connectivity index (χ2n) is 7.74. The Morgan fingerprint density at radius 3 is 2.65 bits per heavy atom. The van der Waals surface area contributed by atoms with Crippen LogP contribution in [0.15, 0.2) is 30.5 Å². The molecule has 2 aromatic rings. The molecule has 1 aromatic carbocycles. The molecule has 1 N–H and O–H groups in total. The van der Waals surface area contributed by atoms with Crippen LogP contribution in [0.5, 0.6) is 5.75 Å². The number of hydrogen-bond donors (Lipinski definition) is 1. The molecule has 2 heterocycles. The second kappa shape index (κ2) is 9.07. The third-order valence-corrected chi connectivity index (χ3v) is 5.29. The molecule has 1 saturated heterocycles. The number of rotatable bonds is 5. The van der Waals surface area contributed by atoms with Crippen molar-refractivity contribution in [3.63, 3.8) is 0 Å². The minimum absolute atomic E-state index is 0.0410. The van der Waals surface area contributed by atoms with Gasteiger partial charge in [-0.25, -0.2) is 14.4 Å². The first kappa shape index (κ1) is 22.8. The summed E-state index contributed by atoms with van der Waals surface area (Å²) in [6.07, 6.45) is -3.01. The van der Waals surface area contributed by atoms with Gasteiger partial charge in [0, 0.05) is 31.1 Å². The highest BCUT2D eigenvalue weighted by atomic mass is 19.4. The van der Waals surface area contributed by atoms with E-state index in [0.717, 1.165) is 0 Å². The fraction of sp³-hybridized carbons (Fsp3) is 0.476. The van der Waals surface area contributed by atoms with Crippen LogP contribution in [0.1, 0.15) is 43.5 Å². The Kier molecular flexibility index (Phi) is 6.66. The van der Waals surface area contributed by atoms with Crippen LogP contribution in [-0.2, 0) is 4.79 Å². The average Bonchev–Trinajstić information content (AvgIpc) is 2.73. The van der Waals surface area contributed by atoms with Gasteiger partial charge in [-0.2, -0.15) is 13.2 Å². The number of nitrogens with zero attached hydrogens (tertiary/aromatic N) is 3. The molecule has 0 saturated carbocycles. The van der Waals surface area contributed by atoms with Crippen LogP contribution in [0, 0.1) is 5.82 Å². The molecule has 0 radical (unpaired) electrons. The summed E-state index contributed by atoms with van der Waals surface area (Å²) in [7, 11) is 1.33. The van der Waals surface area contributed by atoms with Crippen LogP contribution < -0.4 is 15.0 Å². The Hall–Kier alpha value is -2.91. The van der Waals surface area contributed by atoms with Gasteiger partial charge in [0.25, 0.3) is 0 Å². The van der Waals surface area contributed by atoms with Gasteiger partial charge in [0.1, 0.15) is 11.6 Å². The molecule has 1 aliphatic heterocycles. The zero-order valence-electron chi connectivity index (χ0n) is 17.4. The summed E-state index contributed by atoms with van der Waals surface area (Å²) in [6, 6.07) is 5.07. The van der Waals surface area contributed by atoms with Crippen LogP contribution in [0.2, 0.25) is 0 Å². The molecular formula is C21H24F4N4O2. The molecule has 0 bridgehead atoms. The van der Waals surface area contributed by atoms with Gasteiger partial charge in [-0.05, 0) is 30.2 Å². The number of carbonyl (C=O) groups is 1. The molecule has 0 spiro atoms. The number of alkyl halides is 3. The highest BCUT2D eigenvalue weighted by molar-refractivity contribution is 5.82. The largest absolute Gasteiger partial charge is 0.494 e. The van der Waals surface area contributed by atoms with Gasteiger partial charge >= 0.3 is 12.1 Å². The molecular weight excluding hydrogens is 416 g/mol. The van der Waals surface area contributed by atoms with Crippen molar-refractivity contribution in [3.8, 4) is 5.75 Å². The quantitative estimate of drug-likeness (QED) is 0.717. The number of piperidine rings is 1. The van der Waals surface area contributed by atoms with Crippen molar-refractivity contribution >= 4 is 11.7 Å². The van der Waals surface area contributed by atoms with E-state index in [1.807, 2.05) is 18.7 Å². The lowest BCUT2D eigenvalue weighted by Crippen LogP contribution is -2.54. The van der Waals surface area contributed by atoms with E-state index in [4.69, 9.17) is 4.74 Å². The molecule has 1 aromatic heterocycles. The van der Waals surface area contributed by atoms with Gasteiger partial charge in [-0.1, -0.05) is 19.9 Å². The SMILES string of the molecule is COc1ccc(C2CCN(c3ccnc(C(C)C)n3)CC2NC(=O)C(F)(F)F)cc1F. The Labute approximate surface area is 177 Å². The van der Waals surface area contributed by atoms with Crippen molar-refractivity contribution < 1.29 is 27.1 Å². The van der Waals surface area contributed by atoms with Crippen molar-refractivity contribution in [1.82, 2.24) is 15.3 Å². The number of ether oxygens (including phenoxy) is 1. The first-order valence-corrected chi connectivity index (χ1v) is 9.89. The van der Waals surface area contributed by atoms with E-state index in [1.165, 1.54) is 19.2 Å². The fourth-order valence-electron chi connectivity index (χ4n) is 3.69. The number of halogens is 4. The van der Waals surface area contributed by atoms with Gasteiger partial charge in [0.2, 0.25) is 0 Å². The molecule has 168 valence electrons. The van der Waals surface area contributed by atoms with Crippen molar-refractivity contribution in [2.45, 2.75) is 44.3 Å². The Morgan fingerprint density at radius 2 is 2.03 bits per heavy atom. The Bertz CT molecular complexity index is 936. The van der Waals surface area contributed by atoms with Crippen LogP contribution in [-0.4, -0.2) is 48.3 Å². The first-order chi connectivity index (χ1) is 14.6. The molecule has 1 fully saturated rings. The number of hydrogen-bond acceptors (Lipinski definition) is 5. The van der Waals surface area contributed by atoms with Crippen LogP contribution in [0.4, 0.5) is 23.4 Å². The monoisotopic (exact) mass is 440 g/mol. The molecule has 1 amide bonds. The Balaban J connectivity index is 1.89. The van der Waals surface area contributed by atoms with Gasteiger partial charge in [0.15, 0.2) is 11.6 Å². The van der Waals surface area contributed by atoms with Gasteiger partial charge in [-0.15, -0.1) is 0 Å². The standard InChI is InChI=1S/C21H24F4N4O2/c1-12(2)19-26-8-6-18(28-19)29-9-7-14(13-4-5-17(31-3)15(22)10-13)16(11-29)27-20(30)21(23,24)25/h4-6,8,10,12,14,16H,7,9,11H2,1-3H3,(H,27,30). The number of carbonyl (C=O) groups excluding carboxylic acids is 1. The van der Waals surface area contributed by atoms with Crippen LogP contribution in [0.25, 0.3) is 0 Å². The number of benzene rings is 1. The van der Waals surface area contributed by atoms with Gasteiger partial charge in [0.05, 0.1) is 13.2 Å². The molecule has 1 aliphatic rings. The van der Waals surface area contributed by atoms with Crippen molar-refractivity contribution in [3.05, 3.63) is 47.7 Å². The van der Waals surface area contributed by atoms with E-state index in [-0.39, 0.29) is 18.2 Å². The minimum Gasteiger partial charge on any atom is -0.494 e. The first-order valence-electron chi connectivity index (χ1n) is 9.89. The summed E-state index contributed by atoms with van der Waals surface area (Å²) in [5, 5.41) is 2.09. The molecule has 2 unspecified atom stereocenters. The normalized spacial score (nSPS) is 19.4. The average molecular weight is 440 g/mol. The number of nitrogens with one attached hydrogen (secondary N) is 1. The molecule has 2 atom stereocenters. The summed E-state index contributed by atoms with van der Waals surface area (Å²) in [5.74, 6) is -1.82. The third kappa shape index (κ3) is 5.23. The molecule has 0 aliphatic carbocycles. The minimum atomic E-state index is -5.02. The maximum atomic E-state index is 14.2. The lowest BCUT2D eigenvalue weighted by Gasteiger charge is -2.40. The number of methoxy groups -OCH3 is 1. The van der Waals surface area contributed by atoms with Gasteiger partial charge < -0.3 is 15.0 Å². The third-order valence-electron chi connectivity index (χ3n) is 5.29. The highest BCUT2D eigenvalue weighted by Gasteiger charge is 2.42. The second-order valence-corrected chi connectivity index (χ2v) is 7.74. The maximum Gasteiger partial charge on any atom is 0.471 e. The van der Waals surface area contributed by atoms with Crippen molar-refractivity contribution in [2.75, 3.05) is 25.1 Å². The maximum absolute atomic E-state index is 14.2. The summed E-state index contributed by atoms with van der Waals surface area (Å²) in [5.41, 5.74) is 0.496. The number of amides is 1. The van der Waals surface area contributed by atoms with E-state index >= 15 is 0 Å². The predicted octanol–water partition coefficient (Wildman–Crippen LogP) is 3.79. The summed E-state index contributed by atoms with van der Waals surface area (Å²) in [6.45, 7) is 4.45. The van der Waals surface area contributed by atoms with E-state index in [9.17, 15) is 22.4 Å². The Morgan fingerprint density at radius 1 is 1.29 bits per heavy atom. The number of aromatic nitrogens is 2. The highest BCUT2D eigenvalue weighted by Crippen LogP contribution is 2.33. The predicted molar refractivity (Wildman–Crippen MR) is 107 cm³/mol. The van der Waals surface area contributed by atoms with Gasteiger partial charge in [-0.3, -0.25) is 4.79 Å². The van der Waals surface area contributed by atoms with Crippen LogP contribution >= 0.6 is 0 Å². The molecule has 10 heteroatoms. The summed E-state index contributed by atoms with van der Waals surface area (Å²) < 4.78 is 57.9. The zero-order valence-corrected chi connectivity index (χ0v) is 17.4. The van der Waals surface area contributed by atoms with E-state index in [0.29, 0.717) is 30.2 Å². The van der Waals surface area contributed by atoms with Crippen molar-refractivity contribution in [1.29, 1.82) is 0 Å². The zero-order chi connectivity index (χ0) is 22.8. The molecule has 3 rings (SSSR count). The van der Waals surface area contributed by atoms with E-state index < -0.39 is 29.9 Å². The van der Waals surface area contributed by atoms with E-state index in [2.05, 4.69) is 15.3 Å². The van der Waals surface area contributed by atoms with Crippen LogP contribution in [0.3, 0.4) is 0 Å². The number of anilines is 1. The summed E-state index contributed by atoms with van der Waals surface area (Å²) >= 11 is 0. The smallest absolute Gasteiger partial charge is 0.471 e. The van der Waals surface area contributed by atoms with Crippen molar-refractivity contribution in [2.24, 2.45) is 0 Å². The molecule has 31 heavy (non-hydrogen) atoms.